The van der Waals surface area contributed by atoms with Crippen molar-refractivity contribution < 1.29 is 14.6 Å². The van der Waals surface area contributed by atoms with Crippen molar-refractivity contribution in [2.45, 2.75) is 32.3 Å². The van der Waals surface area contributed by atoms with Gasteiger partial charge >= 0.3 is 5.97 Å². The number of hydrogen-bond acceptors (Lipinski definition) is 2. The molecular weight excluding hydrogens is 204 g/mol. The molecule has 1 fully saturated rings. The summed E-state index contributed by atoms with van der Waals surface area (Å²) in [5.74, 6) is -0.0605. The fourth-order valence-electron chi connectivity index (χ4n) is 1.89. The Labute approximate surface area is 95.0 Å². The van der Waals surface area contributed by atoms with Crippen molar-refractivity contribution >= 4 is 5.97 Å². The molecule has 0 atom stereocenters. The highest BCUT2D eigenvalue weighted by molar-refractivity contribution is 5.71. The lowest BCUT2D eigenvalue weighted by molar-refractivity contribution is -0.147. The largest absolute Gasteiger partial charge is 0.490 e. The molecule has 1 aliphatic carbocycles. The van der Waals surface area contributed by atoms with Gasteiger partial charge < -0.3 is 9.84 Å². The topological polar surface area (TPSA) is 46.5 Å². The zero-order valence-electron chi connectivity index (χ0n) is 9.35. The third-order valence-electron chi connectivity index (χ3n) is 3.05. The molecule has 1 aromatic rings. The third kappa shape index (κ3) is 2.35. The monoisotopic (exact) mass is 220 g/mol. The molecule has 0 amide bonds. The van der Waals surface area contributed by atoms with Crippen LogP contribution in [0.5, 0.6) is 5.75 Å². The summed E-state index contributed by atoms with van der Waals surface area (Å²) in [6, 6.07) is 7.98. The van der Waals surface area contributed by atoms with Gasteiger partial charge in [-0.1, -0.05) is 19.1 Å². The lowest BCUT2D eigenvalue weighted by Gasteiger charge is -2.32. The molecule has 0 radical (unpaired) electrons. The quantitative estimate of drug-likeness (QED) is 0.848. The maximum absolute atomic E-state index is 10.6. The Morgan fingerprint density at radius 1 is 1.50 bits per heavy atom. The van der Waals surface area contributed by atoms with Gasteiger partial charge in [0, 0.05) is 0 Å². The zero-order valence-corrected chi connectivity index (χ0v) is 9.35. The lowest BCUT2D eigenvalue weighted by Crippen LogP contribution is -2.38. The van der Waals surface area contributed by atoms with E-state index >= 15 is 0 Å². The van der Waals surface area contributed by atoms with E-state index in [4.69, 9.17) is 9.84 Å². The summed E-state index contributed by atoms with van der Waals surface area (Å²) in [5, 5.41) is 8.74. The number of aryl methyl sites for hydroxylation is 1. The predicted molar refractivity (Wildman–Crippen MR) is 60.6 cm³/mol. The minimum Gasteiger partial charge on any atom is -0.490 e. The van der Waals surface area contributed by atoms with Crippen molar-refractivity contribution in [1.29, 1.82) is 0 Å². The van der Waals surface area contributed by atoms with Crippen molar-refractivity contribution in [1.82, 2.24) is 0 Å². The molecule has 1 N–H and O–H groups in total. The number of hydrogen-bond donors (Lipinski definition) is 1. The third-order valence-corrected chi connectivity index (χ3v) is 3.05. The molecule has 0 saturated heterocycles. The lowest BCUT2D eigenvalue weighted by atomic mass is 9.82. The summed E-state index contributed by atoms with van der Waals surface area (Å²) < 4.78 is 5.71. The van der Waals surface area contributed by atoms with Crippen molar-refractivity contribution in [3.63, 3.8) is 0 Å². The highest BCUT2D eigenvalue weighted by Crippen LogP contribution is 2.31. The molecule has 3 heteroatoms. The number of carboxylic acid groups (broad SMARTS) is 1. The summed E-state index contributed by atoms with van der Waals surface area (Å²) in [5.41, 5.74) is 1.24. The van der Waals surface area contributed by atoms with E-state index in [1.165, 1.54) is 5.56 Å². The highest BCUT2D eigenvalue weighted by Gasteiger charge is 2.35. The van der Waals surface area contributed by atoms with Crippen LogP contribution in [0.3, 0.4) is 0 Å². The van der Waals surface area contributed by atoms with E-state index in [0.717, 1.165) is 12.2 Å². The Hall–Kier alpha value is -1.51. The van der Waals surface area contributed by atoms with Crippen LogP contribution in [-0.4, -0.2) is 17.2 Å². The number of ether oxygens (including phenoxy) is 1. The normalized spacial score (nSPS) is 23.6. The van der Waals surface area contributed by atoms with E-state index in [1.54, 1.807) is 0 Å². The first-order chi connectivity index (χ1) is 7.69. The van der Waals surface area contributed by atoms with Crippen LogP contribution in [0, 0.1) is 5.92 Å². The van der Waals surface area contributed by atoms with Gasteiger partial charge in [0.2, 0.25) is 0 Å². The first-order valence-corrected chi connectivity index (χ1v) is 5.67. The van der Waals surface area contributed by atoms with Gasteiger partial charge in [0.05, 0.1) is 5.92 Å². The maximum Gasteiger partial charge on any atom is 0.306 e. The number of carboxylic acids is 1. The Morgan fingerprint density at radius 3 is 2.88 bits per heavy atom. The summed E-state index contributed by atoms with van der Waals surface area (Å²) in [6.07, 6.45) is 2.32. The number of aliphatic carboxylic acids is 1. The fraction of sp³-hybridized carbons (Fsp3) is 0.462. The van der Waals surface area contributed by atoms with Gasteiger partial charge in [-0.3, -0.25) is 4.79 Å². The first-order valence-electron chi connectivity index (χ1n) is 5.67. The van der Waals surface area contributed by atoms with Crippen LogP contribution < -0.4 is 4.74 Å². The zero-order chi connectivity index (χ0) is 11.5. The van der Waals surface area contributed by atoms with Crippen LogP contribution >= 0.6 is 0 Å². The molecule has 1 aliphatic rings. The van der Waals surface area contributed by atoms with Crippen molar-refractivity contribution in [3.05, 3.63) is 29.8 Å². The van der Waals surface area contributed by atoms with E-state index in [-0.39, 0.29) is 12.0 Å². The van der Waals surface area contributed by atoms with Crippen LogP contribution in [0.15, 0.2) is 24.3 Å². The van der Waals surface area contributed by atoms with E-state index in [1.807, 2.05) is 18.2 Å². The van der Waals surface area contributed by atoms with Crippen molar-refractivity contribution in [2.75, 3.05) is 0 Å². The molecule has 1 saturated carbocycles. The molecule has 0 aromatic heterocycles. The summed E-state index contributed by atoms with van der Waals surface area (Å²) in [6.45, 7) is 2.10. The second kappa shape index (κ2) is 4.56. The van der Waals surface area contributed by atoms with Gasteiger partial charge in [-0.25, -0.2) is 0 Å². The Morgan fingerprint density at radius 2 is 2.25 bits per heavy atom. The van der Waals surface area contributed by atoms with Crippen LogP contribution in [0.2, 0.25) is 0 Å². The molecule has 0 aliphatic heterocycles. The molecule has 0 unspecified atom stereocenters. The van der Waals surface area contributed by atoms with E-state index in [9.17, 15) is 4.79 Å². The number of benzene rings is 1. The van der Waals surface area contributed by atoms with Gasteiger partial charge in [0.25, 0.3) is 0 Å². The highest BCUT2D eigenvalue weighted by atomic mass is 16.5. The molecule has 86 valence electrons. The van der Waals surface area contributed by atoms with Crippen molar-refractivity contribution in [3.8, 4) is 5.75 Å². The molecule has 2 rings (SSSR count). The second-order valence-electron chi connectivity index (χ2n) is 4.25. The average molecular weight is 220 g/mol. The molecule has 3 nitrogen and oxygen atoms in total. The van der Waals surface area contributed by atoms with E-state index in [2.05, 4.69) is 13.0 Å². The summed E-state index contributed by atoms with van der Waals surface area (Å²) >= 11 is 0. The fourth-order valence-corrected chi connectivity index (χ4v) is 1.89. The Balaban J connectivity index is 1.89. The first kappa shape index (κ1) is 11.0. The van der Waals surface area contributed by atoms with Gasteiger partial charge in [-0.2, -0.15) is 0 Å². The van der Waals surface area contributed by atoms with Gasteiger partial charge in [0.15, 0.2) is 0 Å². The number of carbonyl (C=O) groups is 1. The standard InChI is InChI=1S/C13H16O3/c1-2-9-4-3-5-11(6-9)16-12-7-10(8-12)13(14)15/h3-6,10,12H,2,7-8H2,1H3,(H,14,15). The summed E-state index contributed by atoms with van der Waals surface area (Å²) in [7, 11) is 0. The number of rotatable bonds is 4. The van der Waals surface area contributed by atoms with Crippen molar-refractivity contribution in [2.24, 2.45) is 5.92 Å². The summed E-state index contributed by atoms with van der Waals surface area (Å²) in [4.78, 5) is 10.6. The molecule has 16 heavy (non-hydrogen) atoms. The molecule has 0 spiro atoms. The van der Waals surface area contributed by atoms with Gasteiger partial charge in [-0.15, -0.1) is 0 Å². The SMILES string of the molecule is CCc1cccc(OC2CC(C(=O)O)C2)c1. The minimum absolute atomic E-state index is 0.0770. The van der Waals surface area contributed by atoms with Crippen LogP contribution in [0.4, 0.5) is 0 Å². The van der Waals surface area contributed by atoms with Gasteiger partial charge in [-0.05, 0) is 37.0 Å². The molecule has 0 heterocycles. The van der Waals surface area contributed by atoms with Crippen LogP contribution in [-0.2, 0) is 11.2 Å². The Kier molecular flexibility index (Phi) is 3.13. The molecular formula is C13H16O3. The van der Waals surface area contributed by atoms with Gasteiger partial charge in [0.1, 0.15) is 11.9 Å². The van der Waals surface area contributed by atoms with Crippen LogP contribution in [0.25, 0.3) is 0 Å². The van der Waals surface area contributed by atoms with Crippen LogP contribution in [0.1, 0.15) is 25.3 Å². The Bertz CT molecular complexity index is 381. The van der Waals surface area contributed by atoms with E-state index in [0.29, 0.717) is 12.8 Å². The van der Waals surface area contributed by atoms with E-state index < -0.39 is 5.97 Å². The maximum atomic E-state index is 10.6. The second-order valence-corrected chi connectivity index (χ2v) is 4.25. The predicted octanol–water partition coefficient (Wildman–Crippen LogP) is 2.49. The minimum atomic E-state index is -0.706. The smallest absolute Gasteiger partial charge is 0.306 e. The molecule has 1 aromatic carbocycles. The average Bonchev–Trinajstić information content (AvgIpc) is 2.22. The molecule has 0 bridgehead atoms.